The Morgan fingerprint density at radius 2 is 1.75 bits per heavy atom. The normalized spacial score (nSPS) is 10.8. The van der Waals surface area contributed by atoms with Crippen molar-refractivity contribution < 1.29 is 9.21 Å². The van der Waals surface area contributed by atoms with Crippen LogP contribution in [0.15, 0.2) is 53.1 Å². The average Bonchev–Trinajstić information content (AvgIpc) is 3.09. The van der Waals surface area contributed by atoms with Crippen LogP contribution in [0.4, 0.5) is 12.0 Å². The number of fused-ring (bicyclic) bond motifs is 1. The van der Waals surface area contributed by atoms with Gasteiger partial charge < -0.3 is 9.73 Å². The molecule has 1 amide bonds. The molecule has 0 aliphatic rings. The Kier molecular flexibility index (Phi) is 4.67. The summed E-state index contributed by atoms with van der Waals surface area (Å²) in [7, 11) is 0. The Labute approximate surface area is 161 Å². The fourth-order valence-electron chi connectivity index (χ4n) is 2.88. The quantitative estimate of drug-likeness (QED) is 0.552. The topological polar surface area (TPSA) is 106 Å². The Bertz CT molecular complexity index is 1080. The highest BCUT2D eigenvalue weighted by molar-refractivity contribution is 5.96. The number of para-hydroxylation sites is 2. The van der Waals surface area contributed by atoms with Crippen molar-refractivity contribution >= 4 is 29.0 Å². The lowest BCUT2D eigenvalue weighted by atomic mass is 10.1. The van der Waals surface area contributed by atoms with Crippen molar-refractivity contribution in [3.8, 4) is 0 Å². The minimum absolute atomic E-state index is 0.242. The van der Waals surface area contributed by atoms with E-state index in [0.717, 1.165) is 11.2 Å². The van der Waals surface area contributed by atoms with Crippen LogP contribution in [0.5, 0.6) is 0 Å². The molecule has 0 aliphatic heterocycles. The summed E-state index contributed by atoms with van der Waals surface area (Å²) < 4.78 is 5.63. The minimum atomic E-state index is -0.242. The van der Waals surface area contributed by atoms with E-state index in [1.807, 2.05) is 42.5 Å². The second-order valence-electron chi connectivity index (χ2n) is 6.21. The average molecular weight is 374 g/mol. The molecule has 4 rings (SSSR count). The van der Waals surface area contributed by atoms with Gasteiger partial charge in [0.25, 0.3) is 5.91 Å². The number of rotatable bonds is 5. The summed E-state index contributed by atoms with van der Waals surface area (Å²) in [4.78, 5) is 29.9. The molecular weight excluding hydrogens is 356 g/mol. The number of anilines is 2. The standard InChI is InChI=1S/C20H18N6O2/c1-12-17(18(27)22-11-14-7-5-6-10-21-14)13(2)24-19(23-12)26-20-25-15-8-3-4-9-16(15)28-20/h3-10H,11H2,1-2H3,(H,22,27)(H,23,24,25,26). The van der Waals surface area contributed by atoms with E-state index in [1.54, 1.807) is 20.0 Å². The third-order valence-corrected chi connectivity index (χ3v) is 4.17. The van der Waals surface area contributed by atoms with Crippen LogP contribution >= 0.6 is 0 Å². The number of nitrogens with zero attached hydrogens (tertiary/aromatic N) is 4. The van der Waals surface area contributed by atoms with Gasteiger partial charge in [0.05, 0.1) is 29.2 Å². The van der Waals surface area contributed by atoms with Crippen LogP contribution < -0.4 is 10.6 Å². The second kappa shape index (κ2) is 7.43. The third-order valence-electron chi connectivity index (χ3n) is 4.17. The van der Waals surface area contributed by atoms with Crippen molar-refractivity contribution in [2.24, 2.45) is 0 Å². The largest absolute Gasteiger partial charge is 0.423 e. The van der Waals surface area contributed by atoms with Crippen LogP contribution in [0.3, 0.4) is 0 Å². The first-order valence-corrected chi connectivity index (χ1v) is 8.76. The summed E-state index contributed by atoms with van der Waals surface area (Å²) in [6, 6.07) is 13.3. The third kappa shape index (κ3) is 3.66. The highest BCUT2D eigenvalue weighted by Gasteiger charge is 2.17. The minimum Gasteiger partial charge on any atom is -0.423 e. The molecule has 8 nitrogen and oxygen atoms in total. The van der Waals surface area contributed by atoms with Gasteiger partial charge in [-0.1, -0.05) is 18.2 Å². The first-order valence-electron chi connectivity index (χ1n) is 8.76. The Morgan fingerprint density at radius 1 is 1.00 bits per heavy atom. The van der Waals surface area contributed by atoms with Crippen LogP contribution in [0.25, 0.3) is 11.1 Å². The Hall–Kier alpha value is -3.81. The molecule has 0 aliphatic carbocycles. The van der Waals surface area contributed by atoms with Gasteiger partial charge in [0, 0.05) is 6.20 Å². The van der Waals surface area contributed by atoms with E-state index in [2.05, 4.69) is 30.6 Å². The van der Waals surface area contributed by atoms with Crippen LogP contribution in [-0.2, 0) is 6.54 Å². The van der Waals surface area contributed by atoms with Crippen molar-refractivity contribution in [1.29, 1.82) is 0 Å². The maximum atomic E-state index is 12.6. The monoisotopic (exact) mass is 374 g/mol. The van der Waals surface area contributed by atoms with Crippen LogP contribution in [-0.4, -0.2) is 25.8 Å². The summed E-state index contributed by atoms with van der Waals surface area (Å²) in [6.07, 6.45) is 1.69. The molecule has 3 heterocycles. The maximum absolute atomic E-state index is 12.6. The van der Waals surface area contributed by atoms with E-state index in [1.165, 1.54) is 0 Å². The molecule has 0 radical (unpaired) electrons. The molecule has 0 unspecified atom stereocenters. The molecule has 8 heteroatoms. The SMILES string of the molecule is Cc1nc(Nc2nc3ccccc3o2)nc(C)c1C(=O)NCc1ccccn1. The molecule has 0 saturated heterocycles. The van der Waals surface area contributed by atoms with Gasteiger partial charge in [-0.3, -0.25) is 15.1 Å². The number of hydrogen-bond acceptors (Lipinski definition) is 7. The van der Waals surface area contributed by atoms with Crippen molar-refractivity contribution in [3.63, 3.8) is 0 Å². The highest BCUT2D eigenvalue weighted by atomic mass is 16.4. The Balaban J connectivity index is 1.51. The van der Waals surface area contributed by atoms with Crippen molar-refractivity contribution in [2.45, 2.75) is 20.4 Å². The van der Waals surface area contributed by atoms with Crippen LogP contribution in [0.1, 0.15) is 27.4 Å². The molecule has 0 spiro atoms. The maximum Gasteiger partial charge on any atom is 0.302 e. The Morgan fingerprint density at radius 3 is 2.46 bits per heavy atom. The molecule has 3 aromatic heterocycles. The fraction of sp³-hybridized carbons (Fsp3) is 0.150. The lowest BCUT2D eigenvalue weighted by Crippen LogP contribution is -2.26. The lowest BCUT2D eigenvalue weighted by Gasteiger charge is -2.11. The number of pyridine rings is 1. The van der Waals surface area contributed by atoms with E-state index in [-0.39, 0.29) is 5.91 Å². The zero-order chi connectivity index (χ0) is 19.5. The van der Waals surface area contributed by atoms with Crippen LogP contribution in [0, 0.1) is 13.8 Å². The molecule has 0 fully saturated rings. The van der Waals surface area contributed by atoms with Gasteiger partial charge in [-0.15, -0.1) is 0 Å². The van der Waals surface area contributed by atoms with Gasteiger partial charge in [0.1, 0.15) is 5.52 Å². The van der Waals surface area contributed by atoms with Gasteiger partial charge in [0.15, 0.2) is 5.58 Å². The molecule has 0 bridgehead atoms. The van der Waals surface area contributed by atoms with Gasteiger partial charge in [0.2, 0.25) is 5.95 Å². The zero-order valence-corrected chi connectivity index (χ0v) is 15.4. The van der Waals surface area contributed by atoms with Crippen molar-refractivity contribution in [3.05, 3.63) is 71.3 Å². The summed E-state index contributed by atoms with van der Waals surface area (Å²) in [5, 5.41) is 5.81. The summed E-state index contributed by atoms with van der Waals surface area (Å²) in [6.45, 7) is 3.87. The number of benzene rings is 1. The molecule has 28 heavy (non-hydrogen) atoms. The predicted molar refractivity (Wildman–Crippen MR) is 104 cm³/mol. The number of aryl methyl sites for hydroxylation is 2. The number of nitrogens with one attached hydrogen (secondary N) is 2. The number of oxazole rings is 1. The molecule has 1 aromatic carbocycles. The number of amides is 1. The van der Waals surface area contributed by atoms with Gasteiger partial charge in [-0.25, -0.2) is 9.97 Å². The predicted octanol–water partition coefficient (Wildman–Crippen LogP) is 3.30. The molecule has 140 valence electrons. The lowest BCUT2D eigenvalue weighted by molar-refractivity contribution is 0.0948. The molecule has 0 saturated carbocycles. The number of aromatic nitrogens is 4. The molecular formula is C20H18N6O2. The fourth-order valence-corrected chi connectivity index (χ4v) is 2.88. The first-order chi connectivity index (χ1) is 13.6. The van der Waals surface area contributed by atoms with Crippen molar-refractivity contribution in [1.82, 2.24) is 25.3 Å². The smallest absolute Gasteiger partial charge is 0.302 e. The first kappa shape index (κ1) is 17.6. The van der Waals surface area contributed by atoms with Crippen LogP contribution in [0.2, 0.25) is 0 Å². The number of carbonyl (C=O) groups excluding carboxylic acids is 1. The van der Waals surface area contributed by atoms with Gasteiger partial charge in [-0.05, 0) is 38.1 Å². The van der Waals surface area contributed by atoms with Gasteiger partial charge in [-0.2, -0.15) is 4.98 Å². The van der Waals surface area contributed by atoms with E-state index in [0.29, 0.717) is 41.0 Å². The molecule has 4 aromatic rings. The van der Waals surface area contributed by atoms with E-state index in [9.17, 15) is 4.79 Å². The van der Waals surface area contributed by atoms with E-state index < -0.39 is 0 Å². The van der Waals surface area contributed by atoms with Gasteiger partial charge >= 0.3 is 6.01 Å². The zero-order valence-electron chi connectivity index (χ0n) is 15.4. The number of hydrogen-bond donors (Lipinski definition) is 2. The highest BCUT2D eigenvalue weighted by Crippen LogP contribution is 2.21. The van der Waals surface area contributed by atoms with E-state index in [4.69, 9.17) is 4.42 Å². The molecule has 0 atom stereocenters. The summed E-state index contributed by atoms with van der Waals surface area (Å²) in [5.41, 5.74) is 3.75. The summed E-state index contributed by atoms with van der Waals surface area (Å²) in [5.74, 6) is 0.0805. The number of carbonyl (C=O) groups is 1. The molecule has 2 N–H and O–H groups in total. The second-order valence-corrected chi connectivity index (χ2v) is 6.21. The van der Waals surface area contributed by atoms with E-state index >= 15 is 0 Å². The van der Waals surface area contributed by atoms with Crippen molar-refractivity contribution in [2.75, 3.05) is 5.32 Å². The summed E-state index contributed by atoms with van der Waals surface area (Å²) >= 11 is 0.